The molecule has 0 radical (unpaired) electrons. The topological polar surface area (TPSA) is 78.6 Å². The summed E-state index contributed by atoms with van der Waals surface area (Å²) in [5.74, 6) is -0.283. The number of aliphatic hydroxyl groups is 2. The zero-order valence-corrected chi connectivity index (χ0v) is 15.3. The van der Waals surface area contributed by atoms with Gasteiger partial charge in [0.05, 0.1) is 23.4 Å². The molecule has 6 nitrogen and oxygen atoms in total. The largest absolute Gasteiger partial charge is 0.394 e. The van der Waals surface area contributed by atoms with Crippen molar-refractivity contribution in [1.82, 2.24) is 14.7 Å². The number of benzene rings is 1. The number of amides is 1. The number of hydrogen-bond acceptors (Lipinski definition) is 4. The Morgan fingerprint density at radius 2 is 2.16 bits per heavy atom. The van der Waals surface area contributed by atoms with Gasteiger partial charge in [-0.25, -0.2) is 4.68 Å². The molecule has 2 aromatic rings. The maximum absolute atomic E-state index is 12.7. The van der Waals surface area contributed by atoms with Gasteiger partial charge in [-0.3, -0.25) is 4.79 Å². The Kier molecular flexibility index (Phi) is 5.34. The number of hydrogen-bond donors (Lipinski definition) is 2. The molecule has 1 aromatic heterocycles. The Labute approximate surface area is 155 Å². The van der Waals surface area contributed by atoms with Crippen molar-refractivity contribution < 1.29 is 15.0 Å². The third-order valence-corrected chi connectivity index (χ3v) is 4.85. The van der Waals surface area contributed by atoms with Crippen molar-refractivity contribution in [3.8, 4) is 5.69 Å². The highest BCUT2D eigenvalue weighted by Crippen LogP contribution is 2.32. The van der Waals surface area contributed by atoms with E-state index in [0.717, 1.165) is 30.5 Å². The van der Waals surface area contributed by atoms with Crippen LogP contribution in [0.1, 0.15) is 28.2 Å². The molecule has 1 atom stereocenters. The van der Waals surface area contributed by atoms with Crippen molar-refractivity contribution in [2.24, 2.45) is 0 Å². The van der Waals surface area contributed by atoms with E-state index in [2.05, 4.69) is 5.10 Å². The fourth-order valence-corrected chi connectivity index (χ4v) is 3.59. The van der Waals surface area contributed by atoms with Crippen molar-refractivity contribution in [3.05, 3.63) is 45.2 Å². The summed E-state index contributed by atoms with van der Waals surface area (Å²) in [4.78, 5) is 14.1. The van der Waals surface area contributed by atoms with Crippen LogP contribution in [0.15, 0.2) is 18.2 Å². The zero-order chi connectivity index (χ0) is 18.1. The first-order chi connectivity index (χ1) is 11.9. The van der Waals surface area contributed by atoms with Gasteiger partial charge in [-0.2, -0.15) is 5.10 Å². The molecule has 0 aliphatic heterocycles. The normalized spacial score (nSPS) is 14.4. The van der Waals surface area contributed by atoms with Gasteiger partial charge in [0.25, 0.3) is 5.91 Å². The molecule has 1 aliphatic carbocycles. The molecule has 1 aliphatic rings. The molecule has 0 fully saturated rings. The molecule has 8 heteroatoms. The highest BCUT2D eigenvalue weighted by molar-refractivity contribution is 6.35. The van der Waals surface area contributed by atoms with E-state index < -0.39 is 12.7 Å². The summed E-state index contributed by atoms with van der Waals surface area (Å²) in [5.41, 5.74) is 2.94. The second kappa shape index (κ2) is 7.33. The molecule has 1 heterocycles. The fraction of sp³-hybridized carbons (Fsp3) is 0.412. The minimum Gasteiger partial charge on any atom is -0.394 e. The second-order valence-electron chi connectivity index (χ2n) is 6.16. The molecule has 0 saturated heterocycles. The number of halogens is 2. The Hall–Kier alpha value is -1.60. The summed E-state index contributed by atoms with van der Waals surface area (Å²) in [6.07, 6.45) is 1.56. The molecule has 25 heavy (non-hydrogen) atoms. The molecule has 2 N–H and O–H groups in total. The highest BCUT2D eigenvalue weighted by Gasteiger charge is 2.29. The first-order valence-electron chi connectivity index (χ1n) is 8.03. The van der Waals surface area contributed by atoms with Crippen LogP contribution >= 0.6 is 23.2 Å². The molecule has 0 unspecified atom stereocenters. The summed E-state index contributed by atoms with van der Waals surface area (Å²) >= 11 is 12.3. The van der Waals surface area contributed by atoms with Crippen LogP contribution in [-0.2, 0) is 12.8 Å². The smallest absolute Gasteiger partial charge is 0.274 e. The van der Waals surface area contributed by atoms with Crippen molar-refractivity contribution in [2.45, 2.75) is 25.4 Å². The van der Waals surface area contributed by atoms with E-state index in [1.54, 1.807) is 29.9 Å². The van der Waals surface area contributed by atoms with Crippen LogP contribution in [0.3, 0.4) is 0 Å². The van der Waals surface area contributed by atoms with Gasteiger partial charge in [-0.05, 0) is 37.5 Å². The first kappa shape index (κ1) is 18.2. The van der Waals surface area contributed by atoms with E-state index in [9.17, 15) is 9.90 Å². The lowest BCUT2D eigenvalue weighted by molar-refractivity contribution is 0.0515. The third kappa shape index (κ3) is 3.53. The van der Waals surface area contributed by atoms with E-state index in [4.69, 9.17) is 28.3 Å². The SMILES string of the molecule is CN(C[C@H](O)CO)C(=O)c1nn(-c2ccc(Cl)cc2Cl)c2c1CCC2. The van der Waals surface area contributed by atoms with Gasteiger partial charge in [0.1, 0.15) is 0 Å². The third-order valence-electron chi connectivity index (χ3n) is 4.31. The van der Waals surface area contributed by atoms with Gasteiger partial charge in [-0.1, -0.05) is 23.2 Å². The summed E-state index contributed by atoms with van der Waals surface area (Å²) in [6, 6.07) is 5.16. The number of aromatic nitrogens is 2. The van der Waals surface area contributed by atoms with Crippen molar-refractivity contribution >= 4 is 29.1 Å². The molecule has 1 aromatic carbocycles. The lowest BCUT2D eigenvalue weighted by Gasteiger charge is -2.19. The standard InChI is InChI=1S/C17H19Cl2N3O3/c1-21(8-11(24)9-23)17(25)16-12-3-2-4-14(12)22(20-16)15-6-5-10(18)7-13(15)19/h5-7,11,23-24H,2-4,8-9H2,1H3/t11-/m0/s1. The average Bonchev–Trinajstić information content (AvgIpc) is 3.17. The van der Waals surface area contributed by atoms with Gasteiger partial charge in [0.15, 0.2) is 5.69 Å². The van der Waals surface area contributed by atoms with Crippen LogP contribution in [0.5, 0.6) is 0 Å². The van der Waals surface area contributed by atoms with Crippen LogP contribution in [0.25, 0.3) is 5.69 Å². The quantitative estimate of drug-likeness (QED) is 0.828. The first-order valence-corrected chi connectivity index (χ1v) is 8.78. The zero-order valence-electron chi connectivity index (χ0n) is 13.7. The van der Waals surface area contributed by atoms with E-state index in [0.29, 0.717) is 21.4 Å². The lowest BCUT2D eigenvalue weighted by atomic mass is 10.2. The lowest BCUT2D eigenvalue weighted by Crippen LogP contribution is -2.36. The van der Waals surface area contributed by atoms with Gasteiger partial charge in [0, 0.05) is 29.9 Å². The van der Waals surface area contributed by atoms with E-state index in [1.807, 2.05) is 0 Å². The van der Waals surface area contributed by atoms with Crippen molar-refractivity contribution in [1.29, 1.82) is 0 Å². The maximum atomic E-state index is 12.7. The van der Waals surface area contributed by atoms with Crippen LogP contribution in [0, 0.1) is 0 Å². The van der Waals surface area contributed by atoms with E-state index in [-0.39, 0.29) is 12.5 Å². The molecule has 3 rings (SSSR count). The van der Waals surface area contributed by atoms with Crippen molar-refractivity contribution in [3.63, 3.8) is 0 Å². The Bertz CT molecular complexity index is 807. The van der Waals surface area contributed by atoms with Crippen LogP contribution in [0.4, 0.5) is 0 Å². The molecule has 0 bridgehead atoms. The number of carbonyl (C=O) groups excluding carboxylic acids is 1. The molecule has 134 valence electrons. The van der Waals surface area contributed by atoms with Gasteiger partial charge >= 0.3 is 0 Å². The van der Waals surface area contributed by atoms with E-state index >= 15 is 0 Å². The minimum absolute atomic E-state index is 0.0403. The molecule has 0 spiro atoms. The highest BCUT2D eigenvalue weighted by atomic mass is 35.5. The fourth-order valence-electron chi connectivity index (χ4n) is 3.10. The van der Waals surface area contributed by atoms with Crippen molar-refractivity contribution in [2.75, 3.05) is 20.2 Å². The predicted octanol–water partition coefficient (Wildman–Crippen LogP) is 2.09. The number of likely N-dealkylation sites (N-methyl/N-ethyl adjacent to an activating group) is 1. The Balaban J connectivity index is 1.99. The molecular weight excluding hydrogens is 365 g/mol. The number of nitrogens with zero attached hydrogens (tertiary/aromatic N) is 3. The number of rotatable bonds is 5. The number of aliphatic hydroxyl groups excluding tert-OH is 2. The summed E-state index contributed by atoms with van der Waals surface area (Å²) in [7, 11) is 1.58. The molecule has 1 amide bonds. The van der Waals surface area contributed by atoms with E-state index in [1.165, 1.54) is 4.90 Å². The molecule has 0 saturated carbocycles. The second-order valence-corrected chi connectivity index (χ2v) is 7.00. The predicted molar refractivity (Wildman–Crippen MR) is 95.7 cm³/mol. The summed E-state index contributed by atoms with van der Waals surface area (Å²) in [5, 5.41) is 24.0. The molecular formula is C17H19Cl2N3O3. The minimum atomic E-state index is -0.977. The van der Waals surface area contributed by atoms with Crippen LogP contribution in [-0.4, -0.2) is 57.1 Å². The number of carbonyl (C=O) groups is 1. The van der Waals surface area contributed by atoms with Crippen LogP contribution < -0.4 is 0 Å². The Morgan fingerprint density at radius 1 is 1.40 bits per heavy atom. The monoisotopic (exact) mass is 383 g/mol. The van der Waals surface area contributed by atoms with Crippen LogP contribution in [0.2, 0.25) is 10.0 Å². The maximum Gasteiger partial charge on any atom is 0.274 e. The van der Waals surface area contributed by atoms with Gasteiger partial charge in [0.2, 0.25) is 0 Å². The Morgan fingerprint density at radius 3 is 2.84 bits per heavy atom. The summed E-state index contributed by atoms with van der Waals surface area (Å²) < 4.78 is 1.71. The number of fused-ring (bicyclic) bond motifs is 1. The van der Waals surface area contributed by atoms with Gasteiger partial charge < -0.3 is 15.1 Å². The average molecular weight is 384 g/mol. The van der Waals surface area contributed by atoms with Gasteiger partial charge in [-0.15, -0.1) is 0 Å². The summed E-state index contributed by atoms with van der Waals surface area (Å²) in [6.45, 7) is -0.358.